The van der Waals surface area contributed by atoms with E-state index in [1.165, 1.54) is 13.0 Å². The van der Waals surface area contributed by atoms with E-state index in [1.54, 1.807) is 36.3 Å². The van der Waals surface area contributed by atoms with E-state index in [1.807, 2.05) is 18.2 Å². The van der Waals surface area contributed by atoms with E-state index in [9.17, 15) is 18.0 Å². The minimum Gasteiger partial charge on any atom is -0.359 e. The van der Waals surface area contributed by atoms with Gasteiger partial charge in [0.15, 0.2) is 0 Å². The summed E-state index contributed by atoms with van der Waals surface area (Å²) in [7, 11) is 0. The Bertz CT molecular complexity index is 1220. The van der Waals surface area contributed by atoms with Crippen LogP contribution in [0, 0.1) is 0 Å². The van der Waals surface area contributed by atoms with Gasteiger partial charge in [0, 0.05) is 35.8 Å². The number of hydrogen-bond acceptors (Lipinski definition) is 2. The molecule has 0 aliphatic rings. The van der Waals surface area contributed by atoms with Gasteiger partial charge in [-0.25, -0.2) is 0 Å². The number of carbonyl (C=O) groups excluding carboxylic acids is 1. The lowest BCUT2D eigenvalue weighted by Crippen LogP contribution is -2.10. The number of nitrogens with zero attached hydrogens (tertiary/aromatic N) is 2. The molecule has 154 valence electrons. The maximum absolute atomic E-state index is 13.0. The van der Waals surface area contributed by atoms with Crippen molar-refractivity contribution in [2.45, 2.75) is 26.1 Å². The predicted octanol–water partition coefficient (Wildman–Crippen LogP) is 5.62. The molecule has 1 amide bonds. The van der Waals surface area contributed by atoms with Crippen LogP contribution in [0.2, 0.25) is 0 Å². The molecule has 0 aliphatic heterocycles. The van der Waals surface area contributed by atoms with Crippen molar-refractivity contribution < 1.29 is 18.0 Å². The Balaban J connectivity index is 1.65. The molecule has 0 saturated heterocycles. The highest BCUT2D eigenvalue weighted by Crippen LogP contribution is 2.32. The van der Waals surface area contributed by atoms with Crippen LogP contribution in [-0.4, -0.2) is 20.7 Å². The molecule has 0 bridgehead atoms. The Hall–Kier alpha value is -3.55. The normalized spacial score (nSPS) is 12.8. The SMILES string of the molecule is CC(=O)Nc1c[nH]c2ccc(-c3cnn([C@H](C)c4cccc(C(F)(F)F)c4)c3)cc12. The minimum atomic E-state index is -4.39. The van der Waals surface area contributed by atoms with Crippen molar-refractivity contribution in [1.82, 2.24) is 14.8 Å². The maximum atomic E-state index is 13.0. The monoisotopic (exact) mass is 412 g/mol. The van der Waals surface area contributed by atoms with Crippen LogP contribution in [0.5, 0.6) is 0 Å². The third-order valence-electron chi connectivity index (χ3n) is 5.02. The molecular formula is C22H19F3N4O. The summed E-state index contributed by atoms with van der Waals surface area (Å²) in [6, 6.07) is 10.7. The maximum Gasteiger partial charge on any atom is 0.416 e. The van der Waals surface area contributed by atoms with E-state index in [2.05, 4.69) is 15.4 Å². The number of anilines is 1. The summed E-state index contributed by atoms with van der Waals surface area (Å²) in [5, 5.41) is 8.01. The number of rotatable bonds is 4. The van der Waals surface area contributed by atoms with Crippen molar-refractivity contribution in [2.24, 2.45) is 0 Å². The largest absolute Gasteiger partial charge is 0.416 e. The molecule has 0 fully saturated rings. The summed E-state index contributed by atoms with van der Waals surface area (Å²) in [4.78, 5) is 14.5. The topological polar surface area (TPSA) is 62.7 Å². The highest BCUT2D eigenvalue weighted by Gasteiger charge is 2.30. The first-order valence-corrected chi connectivity index (χ1v) is 9.33. The summed E-state index contributed by atoms with van der Waals surface area (Å²) in [5.41, 5.74) is 3.12. The number of hydrogen-bond donors (Lipinski definition) is 2. The molecule has 5 nitrogen and oxygen atoms in total. The van der Waals surface area contributed by atoms with E-state index in [0.29, 0.717) is 11.3 Å². The zero-order valence-corrected chi connectivity index (χ0v) is 16.3. The van der Waals surface area contributed by atoms with Crippen molar-refractivity contribution in [3.63, 3.8) is 0 Å². The van der Waals surface area contributed by atoms with Gasteiger partial charge in [-0.2, -0.15) is 18.3 Å². The Kier molecular flexibility index (Phi) is 4.85. The molecule has 2 aromatic carbocycles. The van der Waals surface area contributed by atoms with Crippen molar-refractivity contribution in [3.8, 4) is 11.1 Å². The van der Waals surface area contributed by atoms with Crippen LogP contribution >= 0.6 is 0 Å². The van der Waals surface area contributed by atoms with E-state index in [4.69, 9.17) is 0 Å². The summed E-state index contributed by atoms with van der Waals surface area (Å²) in [6.07, 6.45) is 0.824. The fourth-order valence-electron chi connectivity index (χ4n) is 3.42. The molecule has 30 heavy (non-hydrogen) atoms. The summed E-state index contributed by atoms with van der Waals surface area (Å²) >= 11 is 0. The highest BCUT2D eigenvalue weighted by molar-refractivity contribution is 6.02. The smallest absolute Gasteiger partial charge is 0.359 e. The summed E-state index contributed by atoms with van der Waals surface area (Å²) in [6.45, 7) is 3.25. The number of aromatic nitrogens is 3. The Morgan fingerprint density at radius 1 is 1.17 bits per heavy atom. The number of aromatic amines is 1. The van der Waals surface area contributed by atoms with Crippen molar-refractivity contribution in [1.29, 1.82) is 0 Å². The third-order valence-corrected chi connectivity index (χ3v) is 5.02. The lowest BCUT2D eigenvalue weighted by atomic mass is 10.0. The second kappa shape index (κ2) is 7.37. The summed E-state index contributed by atoms with van der Waals surface area (Å²) < 4.78 is 40.7. The molecule has 2 aromatic heterocycles. The zero-order valence-electron chi connectivity index (χ0n) is 16.3. The number of carbonyl (C=O) groups is 1. The van der Waals surface area contributed by atoms with Crippen LogP contribution < -0.4 is 5.32 Å². The van der Waals surface area contributed by atoms with Gasteiger partial charge in [-0.15, -0.1) is 0 Å². The number of benzene rings is 2. The lowest BCUT2D eigenvalue weighted by molar-refractivity contribution is -0.137. The fraction of sp³-hybridized carbons (Fsp3) is 0.182. The molecule has 4 rings (SSSR count). The highest BCUT2D eigenvalue weighted by atomic mass is 19.4. The van der Waals surface area contributed by atoms with Crippen molar-refractivity contribution >= 4 is 22.5 Å². The fourth-order valence-corrected chi connectivity index (χ4v) is 3.42. The van der Waals surface area contributed by atoms with E-state index < -0.39 is 11.7 Å². The number of fused-ring (bicyclic) bond motifs is 1. The quantitative estimate of drug-likeness (QED) is 0.457. The molecule has 1 atom stereocenters. The third kappa shape index (κ3) is 3.80. The minimum absolute atomic E-state index is 0.163. The molecule has 2 N–H and O–H groups in total. The van der Waals surface area contributed by atoms with Crippen LogP contribution in [0.3, 0.4) is 0 Å². The molecule has 0 radical (unpaired) electrons. The van der Waals surface area contributed by atoms with Gasteiger partial charge in [0.1, 0.15) is 0 Å². The number of H-pyrrole nitrogens is 1. The first-order valence-electron chi connectivity index (χ1n) is 9.33. The molecule has 4 aromatic rings. The average molecular weight is 412 g/mol. The van der Waals surface area contributed by atoms with Crippen LogP contribution in [0.25, 0.3) is 22.0 Å². The molecular weight excluding hydrogens is 393 g/mol. The van der Waals surface area contributed by atoms with Gasteiger partial charge < -0.3 is 10.3 Å². The van der Waals surface area contributed by atoms with Gasteiger partial charge in [-0.3, -0.25) is 9.48 Å². The van der Waals surface area contributed by atoms with Crippen LogP contribution in [0.15, 0.2) is 61.1 Å². The molecule has 0 unspecified atom stereocenters. The van der Waals surface area contributed by atoms with Crippen molar-refractivity contribution in [3.05, 3.63) is 72.2 Å². The van der Waals surface area contributed by atoms with Crippen LogP contribution in [0.1, 0.15) is 31.0 Å². The number of nitrogens with one attached hydrogen (secondary N) is 2. The van der Waals surface area contributed by atoms with Gasteiger partial charge in [0.2, 0.25) is 5.91 Å². The predicted molar refractivity (Wildman–Crippen MR) is 109 cm³/mol. The number of alkyl halides is 3. The van der Waals surface area contributed by atoms with Gasteiger partial charge in [-0.1, -0.05) is 18.2 Å². The molecule has 0 saturated carbocycles. The number of amides is 1. The van der Waals surface area contributed by atoms with Gasteiger partial charge in [-0.05, 0) is 42.3 Å². The summed E-state index contributed by atoms with van der Waals surface area (Å²) in [5.74, 6) is -0.163. The second-order valence-electron chi connectivity index (χ2n) is 7.15. The molecule has 8 heteroatoms. The number of halogens is 3. The van der Waals surface area contributed by atoms with Crippen LogP contribution in [-0.2, 0) is 11.0 Å². The standard InChI is InChI=1S/C22H19F3N4O/c1-13(15-4-3-5-18(8-15)22(23,24)25)29-12-17(10-27-29)16-6-7-20-19(9-16)21(11-26-20)28-14(2)30/h3-13,26H,1-2H3,(H,28,30)/t13-/m1/s1. The average Bonchev–Trinajstić information content (AvgIpc) is 3.34. The second-order valence-corrected chi connectivity index (χ2v) is 7.15. The Morgan fingerprint density at radius 3 is 2.70 bits per heavy atom. The lowest BCUT2D eigenvalue weighted by Gasteiger charge is -2.15. The Labute approximate surface area is 170 Å². The Morgan fingerprint density at radius 2 is 1.97 bits per heavy atom. The zero-order chi connectivity index (χ0) is 21.5. The first-order chi connectivity index (χ1) is 14.2. The first kappa shape index (κ1) is 19.8. The van der Waals surface area contributed by atoms with E-state index in [0.717, 1.165) is 34.2 Å². The van der Waals surface area contributed by atoms with Gasteiger partial charge in [0.25, 0.3) is 0 Å². The van der Waals surface area contributed by atoms with Gasteiger partial charge >= 0.3 is 6.18 Å². The van der Waals surface area contributed by atoms with Gasteiger partial charge in [0.05, 0.1) is 23.5 Å². The molecule has 0 aliphatic carbocycles. The molecule has 2 heterocycles. The van der Waals surface area contributed by atoms with Crippen molar-refractivity contribution in [2.75, 3.05) is 5.32 Å². The van der Waals surface area contributed by atoms with Crippen LogP contribution in [0.4, 0.5) is 18.9 Å². The molecule has 0 spiro atoms. The van der Waals surface area contributed by atoms with E-state index in [-0.39, 0.29) is 11.9 Å². The van der Waals surface area contributed by atoms with E-state index >= 15 is 0 Å².